The lowest BCUT2D eigenvalue weighted by Crippen LogP contribution is -2.20. The molecule has 0 radical (unpaired) electrons. The van der Waals surface area contributed by atoms with E-state index in [2.05, 4.69) is 15.3 Å². The number of hydrogen-bond acceptors (Lipinski definition) is 11. The number of para-hydroxylation sites is 1. The molecule has 0 unspecified atom stereocenters. The van der Waals surface area contributed by atoms with E-state index in [0.29, 0.717) is 5.75 Å². The number of ether oxygens (including phenoxy) is 1. The van der Waals surface area contributed by atoms with Gasteiger partial charge >= 0.3 is 20.2 Å². The van der Waals surface area contributed by atoms with Gasteiger partial charge < -0.3 is 13.1 Å². The molecule has 0 saturated heterocycles. The molecule has 17 heteroatoms. The Kier molecular flexibility index (Phi) is 9.37. The van der Waals surface area contributed by atoms with Crippen molar-refractivity contribution in [2.75, 3.05) is 0 Å². The molecule has 0 N–H and O–H groups in total. The number of ketones is 1. The predicted octanol–water partition coefficient (Wildman–Crippen LogP) is 7.22. The van der Waals surface area contributed by atoms with Gasteiger partial charge in [-0.2, -0.15) is 21.9 Å². The molecule has 0 atom stereocenters. The van der Waals surface area contributed by atoms with E-state index in [9.17, 15) is 21.6 Å². The van der Waals surface area contributed by atoms with Crippen LogP contribution in [-0.4, -0.2) is 42.6 Å². The van der Waals surface area contributed by atoms with Crippen molar-refractivity contribution in [1.82, 2.24) is 20.0 Å². The molecule has 6 rings (SSSR count). The second-order valence-electron chi connectivity index (χ2n) is 11.1. The minimum atomic E-state index is -4.98. The summed E-state index contributed by atoms with van der Waals surface area (Å²) in [7, 11) is -8.56. The zero-order valence-corrected chi connectivity index (χ0v) is 29.7. The van der Waals surface area contributed by atoms with Crippen molar-refractivity contribution >= 4 is 60.8 Å². The minimum Gasteiger partial charge on any atom is -0.434 e. The summed E-state index contributed by atoms with van der Waals surface area (Å²) in [4.78, 5) is 12.0. The van der Waals surface area contributed by atoms with E-state index in [1.807, 2.05) is 25.1 Å². The maximum absolute atomic E-state index is 13.8. The van der Waals surface area contributed by atoms with Crippen LogP contribution in [0.4, 0.5) is 0 Å². The lowest BCUT2D eigenvalue weighted by molar-refractivity contribution is 0.103. The first-order chi connectivity index (χ1) is 23.2. The molecular formula is C32H25Cl3N4O8S2. The van der Waals surface area contributed by atoms with Crippen molar-refractivity contribution in [3.63, 3.8) is 0 Å². The first-order valence-electron chi connectivity index (χ1n) is 14.5. The molecule has 254 valence electrons. The van der Waals surface area contributed by atoms with Gasteiger partial charge in [0, 0.05) is 23.7 Å². The standard InChI is InChI=1S/C32H25Cl3N4O8S2/c1-17-7-6-8-21(19-11-12-19)30(17)45-31-24(16-27(35)36-37-31)46-48(41,42)25-9-4-5-10-26(25)49(43,44)47-32-28(18(2)38-39(32)3)29(40)22-14-13-20(33)15-23(22)34/h4-10,13-16,19H,11-12H2,1-3H3. The second-order valence-corrected chi connectivity index (χ2v) is 15.3. The van der Waals surface area contributed by atoms with Gasteiger partial charge in [0.1, 0.15) is 21.1 Å². The van der Waals surface area contributed by atoms with Crippen LogP contribution in [0, 0.1) is 13.8 Å². The normalized spacial score (nSPS) is 13.3. The van der Waals surface area contributed by atoms with Gasteiger partial charge in [-0.15, -0.1) is 10.2 Å². The van der Waals surface area contributed by atoms with Crippen molar-refractivity contribution < 1.29 is 34.7 Å². The predicted molar refractivity (Wildman–Crippen MR) is 180 cm³/mol. The second kappa shape index (κ2) is 13.2. The zero-order chi connectivity index (χ0) is 35.2. The van der Waals surface area contributed by atoms with Crippen LogP contribution in [0.1, 0.15) is 51.5 Å². The number of benzene rings is 3. The molecule has 1 aliphatic rings. The van der Waals surface area contributed by atoms with E-state index in [0.717, 1.165) is 46.8 Å². The molecule has 0 amide bonds. The summed E-state index contributed by atoms with van der Waals surface area (Å²) in [5.74, 6) is -1.18. The van der Waals surface area contributed by atoms with E-state index in [4.69, 9.17) is 47.9 Å². The third-order valence-corrected chi connectivity index (χ3v) is 10.9. The molecule has 2 aromatic heterocycles. The van der Waals surface area contributed by atoms with Crippen molar-refractivity contribution in [3.05, 3.63) is 110 Å². The summed E-state index contributed by atoms with van der Waals surface area (Å²) < 4.78 is 73.2. The van der Waals surface area contributed by atoms with Gasteiger partial charge in [-0.1, -0.05) is 65.1 Å². The van der Waals surface area contributed by atoms with Crippen LogP contribution < -0.4 is 13.1 Å². The lowest BCUT2D eigenvalue weighted by Gasteiger charge is -2.16. The number of carbonyl (C=O) groups excluding carboxylic acids is 1. The van der Waals surface area contributed by atoms with Gasteiger partial charge in [0.15, 0.2) is 5.15 Å². The highest BCUT2D eigenvalue weighted by Gasteiger charge is 2.35. The molecule has 0 aliphatic heterocycles. The van der Waals surface area contributed by atoms with E-state index < -0.39 is 47.4 Å². The van der Waals surface area contributed by atoms with Crippen LogP contribution in [0.5, 0.6) is 23.3 Å². The summed E-state index contributed by atoms with van der Waals surface area (Å²) in [6.07, 6.45) is 1.94. The Morgan fingerprint density at radius 2 is 1.53 bits per heavy atom. The van der Waals surface area contributed by atoms with Crippen molar-refractivity contribution in [1.29, 1.82) is 0 Å². The van der Waals surface area contributed by atoms with E-state index in [1.165, 1.54) is 44.3 Å². The largest absolute Gasteiger partial charge is 0.434 e. The van der Waals surface area contributed by atoms with Gasteiger partial charge in [-0.3, -0.25) is 4.79 Å². The number of halogens is 3. The van der Waals surface area contributed by atoms with Gasteiger partial charge in [0.25, 0.3) is 5.88 Å². The van der Waals surface area contributed by atoms with E-state index in [-0.39, 0.29) is 43.8 Å². The fraction of sp³-hybridized carbons (Fsp3) is 0.188. The molecule has 12 nitrogen and oxygen atoms in total. The highest BCUT2D eigenvalue weighted by Crippen LogP contribution is 2.47. The molecule has 3 aromatic carbocycles. The first kappa shape index (κ1) is 34.6. The Hall–Kier alpha value is -4.21. The van der Waals surface area contributed by atoms with Gasteiger partial charge in [-0.25, -0.2) is 4.68 Å². The number of aryl methyl sites for hydroxylation is 3. The highest BCUT2D eigenvalue weighted by molar-refractivity contribution is 7.90. The average molecular weight is 764 g/mol. The molecule has 1 saturated carbocycles. The lowest BCUT2D eigenvalue weighted by atomic mass is 10.0. The quantitative estimate of drug-likeness (QED) is 0.0988. The summed E-state index contributed by atoms with van der Waals surface area (Å²) in [6.45, 7) is 3.30. The molecule has 0 spiro atoms. The van der Waals surface area contributed by atoms with Crippen LogP contribution in [0.25, 0.3) is 0 Å². The summed E-state index contributed by atoms with van der Waals surface area (Å²) in [5.41, 5.74) is 1.61. The van der Waals surface area contributed by atoms with Crippen LogP contribution in [0.15, 0.2) is 76.5 Å². The molecule has 0 bridgehead atoms. The maximum Gasteiger partial charge on any atom is 0.342 e. The van der Waals surface area contributed by atoms with Crippen LogP contribution in [0.3, 0.4) is 0 Å². The van der Waals surface area contributed by atoms with Gasteiger partial charge in [0.2, 0.25) is 17.4 Å². The van der Waals surface area contributed by atoms with Crippen LogP contribution in [-0.2, 0) is 27.3 Å². The number of hydrogen-bond donors (Lipinski definition) is 0. The molecule has 49 heavy (non-hydrogen) atoms. The summed E-state index contributed by atoms with van der Waals surface area (Å²) >= 11 is 18.3. The minimum absolute atomic E-state index is 0.0124. The third kappa shape index (κ3) is 7.10. The van der Waals surface area contributed by atoms with E-state index >= 15 is 0 Å². The number of aromatic nitrogens is 4. The van der Waals surface area contributed by atoms with Crippen molar-refractivity contribution in [2.45, 2.75) is 42.4 Å². The number of nitrogens with zero attached hydrogens (tertiary/aromatic N) is 4. The Morgan fingerprint density at radius 1 is 0.857 bits per heavy atom. The summed E-state index contributed by atoms with van der Waals surface area (Å²) in [6, 6.07) is 15.5. The first-order valence-corrected chi connectivity index (χ1v) is 18.4. The molecule has 5 aromatic rings. The van der Waals surface area contributed by atoms with Crippen molar-refractivity contribution in [2.24, 2.45) is 7.05 Å². The topological polar surface area (TPSA) is 157 Å². The highest BCUT2D eigenvalue weighted by atomic mass is 35.5. The van der Waals surface area contributed by atoms with Gasteiger partial charge in [-0.05, 0) is 74.1 Å². The van der Waals surface area contributed by atoms with Crippen molar-refractivity contribution in [3.8, 4) is 23.3 Å². The zero-order valence-electron chi connectivity index (χ0n) is 25.8. The third-order valence-electron chi connectivity index (χ3n) is 7.50. The molecule has 1 aliphatic carbocycles. The Balaban J connectivity index is 1.35. The number of carbonyl (C=O) groups is 1. The smallest absolute Gasteiger partial charge is 0.342 e. The molecule has 2 heterocycles. The van der Waals surface area contributed by atoms with Crippen LogP contribution >= 0.6 is 34.8 Å². The van der Waals surface area contributed by atoms with E-state index in [1.54, 1.807) is 0 Å². The Labute approximate surface area is 296 Å². The van der Waals surface area contributed by atoms with Crippen LogP contribution in [0.2, 0.25) is 15.2 Å². The Bertz CT molecular complexity index is 2360. The average Bonchev–Trinajstić information content (AvgIpc) is 3.84. The fourth-order valence-electron chi connectivity index (χ4n) is 5.08. The fourth-order valence-corrected chi connectivity index (χ4v) is 8.37. The summed E-state index contributed by atoms with van der Waals surface area (Å²) in [5, 5.41) is 11.9. The maximum atomic E-state index is 13.8. The molecule has 1 fully saturated rings. The number of rotatable bonds is 11. The monoisotopic (exact) mass is 762 g/mol. The van der Waals surface area contributed by atoms with Gasteiger partial charge in [0.05, 0.1) is 10.7 Å². The Morgan fingerprint density at radius 3 is 2.18 bits per heavy atom. The molecular weight excluding hydrogens is 739 g/mol. The SMILES string of the molecule is Cc1cccc(C2CC2)c1Oc1nnc(Cl)cc1OS(=O)(=O)c1ccccc1S(=O)(=O)Oc1c(C(=O)c2ccc(Cl)cc2Cl)c(C)nn1C.